The molecule has 0 saturated carbocycles. The molecular weight excluding hydrogens is 312 g/mol. The Balaban J connectivity index is 2.17. The maximum absolute atomic E-state index is 12.2. The SMILES string of the molecule is Cc1ccc(-c2cc(=O)c(Cl)c(-c3ccc(C)cc3)s2)cc1. The molecule has 0 fully saturated rings. The van der Waals surface area contributed by atoms with Gasteiger partial charge in [-0.3, -0.25) is 4.79 Å². The summed E-state index contributed by atoms with van der Waals surface area (Å²) >= 11 is 7.80. The second-order valence-electron chi connectivity index (χ2n) is 5.35. The Morgan fingerprint density at radius 3 is 1.86 bits per heavy atom. The summed E-state index contributed by atoms with van der Waals surface area (Å²) in [5.74, 6) is 0. The molecule has 0 saturated heterocycles. The fourth-order valence-corrected chi connectivity index (χ4v) is 3.59. The van der Waals surface area contributed by atoms with E-state index < -0.39 is 0 Å². The van der Waals surface area contributed by atoms with Crippen LogP contribution < -0.4 is 5.43 Å². The van der Waals surface area contributed by atoms with Crippen LogP contribution in [0.1, 0.15) is 11.1 Å². The van der Waals surface area contributed by atoms with Crippen LogP contribution in [-0.4, -0.2) is 0 Å². The molecule has 3 aromatic rings. The van der Waals surface area contributed by atoms with Gasteiger partial charge >= 0.3 is 0 Å². The summed E-state index contributed by atoms with van der Waals surface area (Å²) in [5, 5.41) is 0.296. The van der Waals surface area contributed by atoms with Crippen LogP contribution in [0.4, 0.5) is 0 Å². The summed E-state index contributed by atoms with van der Waals surface area (Å²) in [6.45, 7) is 4.09. The highest BCUT2D eigenvalue weighted by molar-refractivity contribution is 7.19. The molecule has 1 aromatic heterocycles. The second kappa shape index (κ2) is 6.07. The second-order valence-corrected chi connectivity index (χ2v) is 6.78. The van der Waals surface area contributed by atoms with Crippen molar-refractivity contribution in [1.29, 1.82) is 0 Å². The molecule has 110 valence electrons. The van der Waals surface area contributed by atoms with Crippen LogP contribution in [-0.2, 0) is 0 Å². The Morgan fingerprint density at radius 1 is 0.818 bits per heavy atom. The Hall–Kier alpha value is -1.90. The molecule has 0 aliphatic rings. The monoisotopic (exact) mass is 326 g/mol. The minimum Gasteiger partial charge on any atom is -0.288 e. The molecule has 0 radical (unpaired) electrons. The molecule has 3 heteroatoms. The summed E-state index contributed by atoms with van der Waals surface area (Å²) in [6.07, 6.45) is 0. The first-order valence-electron chi connectivity index (χ1n) is 7.02. The van der Waals surface area contributed by atoms with E-state index in [4.69, 9.17) is 11.6 Å². The quantitative estimate of drug-likeness (QED) is 0.589. The highest BCUT2D eigenvalue weighted by atomic mass is 35.5. The predicted molar refractivity (Wildman–Crippen MR) is 95.9 cm³/mol. The standard InChI is InChI=1S/C19H15ClOS/c1-12-3-7-14(8-4-12)17-11-16(21)18(20)19(22-17)15-9-5-13(2)6-10-15/h3-11H,1-2H3. The van der Waals surface area contributed by atoms with Crippen molar-refractivity contribution in [2.75, 3.05) is 0 Å². The van der Waals surface area contributed by atoms with Gasteiger partial charge in [0.2, 0.25) is 0 Å². The van der Waals surface area contributed by atoms with E-state index in [1.165, 1.54) is 11.1 Å². The van der Waals surface area contributed by atoms with Crippen molar-refractivity contribution < 1.29 is 0 Å². The van der Waals surface area contributed by atoms with Crippen molar-refractivity contribution in [2.45, 2.75) is 13.8 Å². The fraction of sp³-hybridized carbons (Fsp3) is 0.105. The summed E-state index contributed by atoms with van der Waals surface area (Å²) < 4.78 is 0. The molecule has 0 unspecified atom stereocenters. The predicted octanol–water partition coefficient (Wildman–Crippen LogP) is 5.71. The normalized spacial score (nSPS) is 10.7. The molecular formula is C19H15ClOS. The summed E-state index contributed by atoms with van der Waals surface area (Å²) in [5.41, 5.74) is 4.27. The van der Waals surface area contributed by atoms with E-state index >= 15 is 0 Å². The highest BCUT2D eigenvalue weighted by Crippen LogP contribution is 2.35. The van der Waals surface area contributed by atoms with Gasteiger partial charge in [-0.05, 0) is 25.0 Å². The summed E-state index contributed by atoms with van der Waals surface area (Å²) in [6, 6.07) is 17.9. The summed E-state index contributed by atoms with van der Waals surface area (Å²) in [7, 11) is 0. The first-order chi connectivity index (χ1) is 10.5. The van der Waals surface area contributed by atoms with E-state index in [0.717, 1.165) is 20.9 Å². The van der Waals surface area contributed by atoms with Gasteiger partial charge in [0.25, 0.3) is 0 Å². The highest BCUT2D eigenvalue weighted by Gasteiger charge is 2.11. The van der Waals surface area contributed by atoms with Gasteiger partial charge in [0.1, 0.15) is 5.02 Å². The molecule has 0 amide bonds. The molecule has 1 nitrogen and oxygen atoms in total. The minimum atomic E-state index is -0.133. The smallest absolute Gasteiger partial charge is 0.200 e. The van der Waals surface area contributed by atoms with Gasteiger partial charge in [-0.1, -0.05) is 71.3 Å². The number of hydrogen-bond acceptors (Lipinski definition) is 2. The van der Waals surface area contributed by atoms with Gasteiger partial charge in [-0.25, -0.2) is 0 Å². The molecule has 0 N–H and O–H groups in total. The van der Waals surface area contributed by atoms with E-state index in [-0.39, 0.29) is 5.43 Å². The van der Waals surface area contributed by atoms with Gasteiger partial charge in [-0.15, -0.1) is 11.3 Å². The van der Waals surface area contributed by atoms with E-state index in [2.05, 4.69) is 0 Å². The van der Waals surface area contributed by atoms with Crippen LogP contribution in [0.2, 0.25) is 5.02 Å². The molecule has 3 rings (SSSR count). The van der Waals surface area contributed by atoms with E-state index in [1.807, 2.05) is 62.4 Å². The molecule has 1 heterocycles. The lowest BCUT2D eigenvalue weighted by molar-refractivity contribution is 1.47. The summed E-state index contributed by atoms with van der Waals surface area (Å²) in [4.78, 5) is 14.0. The zero-order chi connectivity index (χ0) is 15.7. The molecule has 22 heavy (non-hydrogen) atoms. The average Bonchev–Trinajstić information content (AvgIpc) is 2.52. The Bertz CT molecular complexity index is 861. The zero-order valence-corrected chi connectivity index (χ0v) is 14.0. The van der Waals surface area contributed by atoms with Crippen LogP contribution in [0.25, 0.3) is 20.9 Å². The lowest BCUT2D eigenvalue weighted by atomic mass is 10.1. The van der Waals surface area contributed by atoms with E-state index in [0.29, 0.717) is 5.02 Å². The van der Waals surface area contributed by atoms with Crippen LogP contribution in [0, 0.1) is 13.8 Å². The number of rotatable bonds is 2. The van der Waals surface area contributed by atoms with Crippen molar-refractivity contribution in [2.24, 2.45) is 0 Å². The maximum atomic E-state index is 12.2. The van der Waals surface area contributed by atoms with Crippen molar-refractivity contribution >= 4 is 22.9 Å². The zero-order valence-electron chi connectivity index (χ0n) is 12.4. The molecule has 0 bridgehead atoms. The van der Waals surface area contributed by atoms with Crippen LogP contribution in [0.3, 0.4) is 0 Å². The van der Waals surface area contributed by atoms with Crippen LogP contribution in [0.15, 0.2) is 59.4 Å². The van der Waals surface area contributed by atoms with Gasteiger partial charge in [0, 0.05) is 10.9 Å². The Kier molecular flexibility index (Phi) is 4.14. The lowest BCUT2D eigenvalue weighted by Crippen LogP contribution is -2.00. The molecule has 0 aliphatic heterocycles. The molecule has 0 spiro atoms. The van der Waals surface area contributed by atoms with Crippen molar-refractivity contribution in [3.8, 4) is 20.9 Å². The lowest BCUT2D eigenvalue weighted by Gasteiger charge is -2.07. The average molecular weight is 327 g/mol. The fourth-order valence-electron chi connectivity index (χ4n) is 2.23. The maximum Gasteiger partial charge on any atom is 0.200 e. The molecule has 2 aromatic carbocycles. The minimum absolute atomic E-state index is 0.133. The van der Waals surface area contributed by atoms with Crippen molar-refractivity contribution in [1.82, 2.24) is 0 Å². The Labute approximate surface area is 138 Å². The van der Waals surface area contributed by atoms with E-state index in [1.54, 1.807) is 17.4 Å². The Morgan fingerprint density at radius 2 is 1.32 bits per heavy atom. The topological polar surface area (TPSA) is 17.1 Å². The first kappa shape index (κ1) is 15.0. The number of aryl methyl sites for hydroxylation is 2. The number of benzene rings is 2. The molecule has 0 atom stereocenters. The number of halogens is 1. The third-order valence-corrected chi connectivity index (χ3v) is 5.24. The number of hydrogen-bond donors (Lipinski definition) is 0. The van der Waals surface area contributed by atoms with Gasteiger partial charge in [-0.2, -0.15) is 0 Å². The van der Waals surface area contributed by atoms with E-state index in [9.17, 15) is 4.79 Å². The van der Waals surface area contributed by atoms with Crippen LogP contribution in [0.5, 0.6) is 0 Å². The van der Waals surface area contributed by atoms with Crippen molar-refractivity contribution in [3.63, 3.8) is 0 Å². The van der Waals surface area contributed by atoms with Gasteiger partial charge in [0.15, 0.2) is 5.43 Å². The third kappa shape index (κ3) is 2.99. The third-order valence-electron chi connectivity index (χ3n) is 3.54. The van der Waals surface area contributed by atoms with Gasteiger partial charge < -0.3 is 0 Å². The largest absolute Gasteiger partial charge is 0.288 e. The van der Waals surface area contributed by atoms with Gasteiger partial charge in [0.05, 0.1) is 4.88 Å². The van der Waals surface area contributed by atoms with Crippen LogP contribution >= 0.6 is 22.9 Å². The van der Waals surface area contributed by atoms with Crippen molar-refractivity contribution in [3.05, 3.63) is 81.0 Å². The first-order valence-corrected chi connectivity index (χ1v) is 8.22. The molecule has 0 aliphatic carbocycles.